The summed E-state index contributed by atoms with van der Waals surface area (Å²) in [5.41, 5.74) is 5.75. The summed E-state index contributed by atoms with van der Waals surface area (Å²) in [5.74, 6) is 0. The summed E-state index contributed by atoms with van der Waals surface area (Å²) in [6.07, 6.45) is -2.34. The lowest BCUT2D eigenvalue weighted by Gasteiger charge is -2.33. The van der Waals surface area contributed by atoms with E-state index >= 15 is 0 Å². The van der Waals surface area contributed by atoms with E-state index in [1.807, 2.05) is 0 Å². The first kappa shape index (κ1) is 15.1. The maximum absolute atomic E-state index is 12.8. The molecule has 2 N–H and O–H groups in total. The van der Waals surface area contributed by atoms with Crippen LogP contribution in [0.2, 0.25) is 0 Å². The zero-order valence-electron chi connectivity index (χ0n) is 11.4. The molecule has 0 atom stereocenters. The van der Waals surface area contributed by atoms with Gasteiger partial charge in [0, 0.05) is 32.4 Å². The number of piperidine rings is 1. The fourth-order valence-electron chi connectivity index (χ4n) is 2.57. The van der Waals surface area contributed by atoms with Gasteiger partial charge in [-0.25, -0.2) is 0 Å². The van der Waals surface area contributed by atoms with Gasteiger partial charge in [-0.2, -0.15) is 13.2 Å². The number of nitrogens with two attached hydrogens (primary N) is 1. The van der Waals surface area contributed by atoms with E-state index in [1.54, 1.807) is 13.2 Å². The van der Waals surface area contributed by atoms with Crippen LogP contribution in [0.5, 0.6) is 0 Å². The summed E-state index contributed by atoms with van der Waals surface area (Å²) in [5, 5.41) is 0. The molecule has 1 saturated heterocycles. The van der Waals surface area contributed by atoms with Gasteiger partial charge in [0.05, 0.1) is 11.7 Å². The quantitative estimate of drug-likeness (QED) is 0.929. The molecule has 112 valence electrons. The van der Waals surface area contributed by atoms with Gasteiger partial charge in [-0.3, -0.25) is 0 Å². The van der Waals surface area contributed by atoms with Crippen molar-refractivity contribution in [2.45, 2.75) is 31.7 Å². The molecule has 1 aliphatic heterocycles. The van der Waals surface area contributed by atoms with E-state index in [4.69, 9.17) is 10.5 Å². The highest BCUT2D eigenvalue weighted by molar-refractivity contribution is 5.52. The number of anilines is 1. The van der Waals surface area contributed by atoms with E-state index in [1.165, 1.54) is 6.07 Å². The fraction of sp³-hybridized carbons (Fsp3) is 0.571. The lowest BCUT2D eigenvalue weighted by molar-refractivity contribution is -0.138. The molecule has 0 amide bonds. The molecule has 0 radical (unpaired) electrons. The predicted molar refractivity (Wildman–Crippen MR) is 71.6 cm³/mol. The number of methoxy groups -OCH3 is 1. The van der Waals surface area contributed by atoms with Gasteiger partial charge in [0.15, 0.2) is 0 Å². The van der Waals surface area contributed by atoms with E-state index in [0.29, 0.717) is 0 Å². The minimum Gasteiger partial charge on any atom is -0.381 e. The Labute approximate surface area is 116 Å². The maximum atomic E-state index is 12.8. The van der Waals surface area contributed by atoms with E-state index in [9.17, 15) is 13.2 Å². The lowest BCUT2D eigenvalue weighted by atomic mass is 10.0. The minimum absolute atomic E-state index is 0.114. The van der Waals surface area contributed by atoms with Crippen molar-refractivity contribution in [1.29, 1.82) is 0 Å². The summed E-state index contributed by atoms with van der Waals surface area (Å²) < 4.78 is 43.8. The Morgan fingerprint density at radius 1 is 1.30 bits per heavy atom. The Bertz CT molecular complexity index is 454. The molecule has 20 heavy (non-hydrogen) atoms. The molecule has 1 heterocycles. The van der Waals surface area contributed by atoms with E-state index in [2.05, 4.69) is 4.90 Å². The molecule has 1 aromatic carbocycles. The molecule has 0 aromatic heterocycles. The number of nitrogens with zero attached hydrogens (tertiary/aromatic N) is 1. The van der Waals surface area contributed by atoms with Gasteiger partial charge in [-0.15, -0.1) is 0 Å². The minimum atomic E-state index is -4.35. The highest BCUT2D eigenvalue weighted by Crippen LogP contribution is 2.34. The van der Waals surface area contributed by atoms with Crippen LogP contribution in [-0.2, 0) is 17.5 Å². The summed E-state index contributed by atoms with van der Waals surface area (Å²) in [7, 11) is 1.69. The van der Waals surface area contributed by atoms with Crippen molar-refractivity contribution in [3.8, 4) is 0 Å². The highest BCUT2D eigenvalue weighted by Gasteiger charge is 2.33. The van der Waals surface area contributed by atoms with Crippen LogP contribution in [0.3, 0.4) is 0 Å². The summed E-state index contributed by atoms with van der Waals surface area (Å²) >= 11 is 0. The Morgan fingerprint density at radius 2 is 1.95 bits per heavy atom. The molecule has 0 unspecified atom stereocenters. The molecule has 0 aliphatic carbocycles. The van der Waals surface area contributed by atoms with Crippen molar-refractivity contribution >= 4 is 5.69 Å². The van der Waals surface area contributed by atoms with Gasteiger partial charge in [0.25, 0.3) is 0 Å². The van der Waals surface area contributed by atoms with Gasteiger partial charge in [-0.1, -0.05) is 0 Å². The average Bonchev–Trinajstić information content (AvgIpc) is 2.45. The number of hydrogen-bond acceptors (Lipinski definition) is 3. The van der Waals surface area contributed by atoms with Gasteiger partial charge in [0.2, 0.25) is 0 Å². The standard InChI is InChI=1S/C14H19F3N2O/c1-20-12-4-6-19(7-5-12)11-2-3-13(14(15,16)17)10(8-11)9-18/h2-3,8,12H,4-7,9,18H2,1H3. The molecule has 1 aromatic rings. The molecule has 6 heteroatoms. The van der Waals surface area contributed by atoms with Gasteiger partial charge < -0.3 is 15.4 Å². The van der Waals surface area contributed by atoms with Crippen LogP contribution in [0, 0.1) is 0 Å². The average molecular weight is 288 g/mol. The van der Waals surface area contributed by atoms with E-state index in [0.717, 1.165) is 37.7 Å². The Hall–Kier alpha value is -1.27. The number of hydrogen-bond donors (Lipinski definition) is 1. The summed E-state index contributed by atoms with van der Waals surface area (Å²) in [6, 6.07) is 4.20. The van der Waals surface area contributed by atoms with Crippen LogP contribution in [-0.4, -0.2) is 26.3 Å². The number of alkyl halides is 3. The van der Waals surface area contributed by atoms with Crippen LogP contribution in [0.25, 0.3) is 0 Å². The van der Waals surface area contributed by atoms with Crippen molar-refractivity contribution in [3.05, 3.63) is 29.3 Å². The first-order chi connectivity index (χ1) is 9.45. The molecule has 1 aliphatic rings. The first-order valence-corrected chi connectivity index (χ1v) is 6.63. The number of rotatable bonds is 3. The van der Waals surface area contributed by atoms with Gasteiger partial charge in [0.1, 0.15) is 0 Å². The number of halogens is 3. The third kappa shape index (κ3) is 3.24. The van der Waals surface area contributed by atoms with Crippen LogP contribution >= 0.6 is 0 Å². The van der Waals surface area contributed by atoms with Crippen molar-refractivity contribution in [1.82, 2.24) is 0 Å². The zero-order valence-corrected chi connectivity index (χ0v) is 11.4. The topological polar surface area (TPSA) is 38.5 Å². The van der Waals surface area contributed by atoms with Crippen LogP contribution in [0.15, 0.2) is 18.2 Å². The van der Waals surface area contributed by atoms with E-state index < -0.39 is 11.7 Å². The zero-order chi connectivity index (χ0) is 14.8. The predicted octanol–water partition coefficient (Wildman–Crippen LogP) is 2.78. The van der Waals surface area contributed by atoms with E-state index in [-0.39, 0.29) is 18.2 Å². The van der Waals surface area contributed by atoms with Crippen LogP contribution in [0.4, 0.5) is 18.9 Å². The summed E-state index contributed by atoms with van der Waals surface area (Å²) in [4.78, 5) is 2.08. The molecular weight excluding hydrogens is 269 g/mol. The second kappa shape index (κ2) is 6.01. The van der Waals surface area contributed by atoms with Gasteiger partial charge >= 0.3 is 6.18 Å². The number of benzene rings is 1. The third-order valence-corrected chi connectivity index (χ3v) is 3.75. The molecule has 0 saturated carbocycles. The monoisotopic (exact) mass is 288 g/mol. The third-order valence-electron chi connectivity index (χ3n) is 3.75. The summed E-state index contributed by atoms with van der Waals surface area (Å²) in [6.45, 7) is 1.46. The largest absolute Gasteiger partial charge is 0.416 e. The lowest BCUT2D eigenvalue weighted by Crippen LogP contribution is -2.36. The van der Waals surface area contributed by atoms with Crippen molar-refractivity contribution in [2.75, 3.05) is 25.1 Å². The molecule has 1 fully saturated rings. The SMILES string of the molecule is COC1CCN(c2ccc(C(F)(F)F)c(CN)c2)CC1. The van der Waals surface area contributed by atoms with Crippen molar-refractivity contribution < 1.29 is 17.9 Å². The molecule has 0 bridgehead atoms. The molecule has 2 rings (SSSR count). The molecular formula is C14H19F3N2O. The van der Waals surface area contributed by atoms with Gasteiger partial charge in [-0.05, 0) is 36.6 Å². The van der Waals surface area contributed by atoms with Crippen LogP contribution < -0.4 is 10.6 Å². The normalized spacial score (nSPS) is 17.6. The van der Waals surface area contributed by atoms with Crippen molar-refractivity contribution in [3.63, 3.8) is 0 Å². The second-order valence-electron chi connectivity index (χ2n) is 4.97. The van der Waals surface area contributed by atoms with Crippen molar-refractivity contribution in [2.24, 2.45) is 5.73 Å². The smallest absolute Gasteiger partial charge is 0.381 e. The molecule has 0 spiro atoms. The Balaban J connectivity index is 2.18. The second-order valence-corrected chi connectivity index (χ2v) is 4.97. The number of ether oxygens (including phenoxy) is 1. The van der Waals surface area contributed by atoms with Crippen LogP contribution in [0.1, 0.15) is 24.0 Å². The Morgan fingerprint density at radius 3 is 2.45 bits per heavy atom. The molecule has 3 nitrogen and oxygen atoms in total. The first-order valence-electron chi connectivity index (χ1n) is 6.63. The highest BCUT2D eigenvalue weighted by atomic mass is 19.4. The Kier molecular flexibility index (Phi) is 4.55. The fourth-order valence-corrected chi connectivity index (χ4v) is 2.57. The maximum Gasteiger partial charge on any atom is 0.416 e.